The molecule has 4 rings (SSSR count). The van der Waals surface area contributed by atoms with Crippen molar-refractivity contribution in [3.8, 4) is 0 Å². The molecule has 2 heterocycles. The van der Waals surface area contributed by atoms with Crippen molar-refractivity contribution >= 4 is 38.6 Å². The smallest absolute Gasteiger partial charge is 0.271 e. The van der Waals surface area contributed by atoms with Crippen LogP contribution in [0.1, 0.15) is 10.4 Å². The van der Waals surface area contributed by atoms with Gasteiger partial charge in [0.15, 0.2) is 0 Å². The van der Waals surface area contributed by atoms with E-state index < -0.39 is 10.0 Å². The number of hydrogen-bond donors (Lipinski definition) is 2. The van der Waals surface area contributed by atoms with Gasteiger partial charge < -0.3 is 10.2 Å². The lowest BCUT2D eigenvalue weighted by Gasteiger charge is -2.36. The number of hydrogen-bond acceptors (Lipinski definition) is 6. The number of amides is 1. The summed E-state index contributed by atoms with van der Waals surface area (Å²) in [5.74, 6) is -0.490. The van der Waals surface area contributed by atoms with Crippen LogP contribution in [0, 0.1) is 5.82 Å². The first-order valence-electron chi connectivity index (χ1n) is 10.6. The molecule has 1 fully saturated rings. The van der Waals surface area contributed by atoms with E-state index in [0.717, 1.165) is 43.2 Å². The number of benzene rings is 2. The van der Waals surface area contributed by atoms with Crippen LogP contribution in [0.2, 0.25) is 0 Å². The Morgan fingerprint density at radius 2 is 1.76 bits per heavy atom. The molecule has 1 saturated heterocycles. The number of anilines is 2. The Bertz CT molecular complexity index is 1180. The predicted octanol–water partition coefficient (Wildman–Crippen LogP) is 3.24. The van der Waals surface area contributed by atoms with Crippen molar-refractivity contribution in [1.82, 2.24) is 10.2 Å². The maximum atomic E-state index is 13.1. The van der Waals surface area contributed by atoms with Crippen LogP contribution in [-0.4, -0.2) is 58.5 Å². The van der Waals surface area contributed by atoms with E-state index >= 15 is 0 Å². The first kappa shape index (κ1) is 23.2. The van der Waals surface area contributed by atoms with Gasteiger partial charge in [0.1, 0.15) is 10.0 Å². The normalized spacial score (nSPS) is 14.8. The van der Waals surface area contributed by atoms with Gasteiger partial charge >= 0.3 is 0 Å². The minimum Gasteiger partial charge on any atom is -0.369 e. The molecule has 1 aromatic heterocycles. The second-order valence-corrected chi connectivity index (χ2v) is 10.5. The van der Waals surface area contributed by atoms with Crippen LogP contribution in [0.3, 0.4) is 0 Å². The van der Waals surface area contributed by atoms with E-state index in [2.05, 4.69) is 19.8 Å². The Morgan fingerprint density at radius 1 is 1.00 bits per heavy atom. The Morgan fingerprint density at radius 3 is 2.45 bits per heavy atom. The largest absolute Gasteiger partial charge is 0.369 e. The summed E-state index contributed by atoms with van der Waals surface area (Å²) in [6.07, 6.45) is 0. The standard InChI is InChI=1S/C23H25FN4O3S2/c24-19-6-8-21(9-7-19)28-14-12-27(13-15-28)11-10-25-23(29)18-3-1-4-20(17-18)26-33(30,31)22-5-2-16-32-22/h1-9,16-17,26H,10-15H2,(H,25,29). The van der Waals surface area contributed by atoms with Gasteiger partial charge in [-0.25, -0.2) is 12.8 Å². The summed E-state index contributed by atoms with van der Waals surface area (Å²) in [6, 6.07) is 16.2. The number of carbonyl (C=O) groups excluding carboxylic acids is 1. The van der Waals surface area contributed by atoms with Gasteiger partial charge in [-0.05, 0) is 53.9 Å². The topological polar surface area (TPSA) is 81.8 Å². The first-order chi connectivity index (χ1) is 15.9. The summed E-state index contributed by atoms with van der Waals surface area (Å²) in [5, 5.41) is 4.60. The number of sulfonamides is 1. The van der Waals surface area contributed by atoms with Gasteiger partial charge in [-0.2, -0.15) is 0 Å². The minimum atomic E-state index is -3.66. The maximum Gasteiger partial charge on any atom is 0.271 e. The summed E-state index contributed by atoms with van der Waals surface area (Å²) in [7, 11) is -3.66. The van der Waals surface area contributed by atoms with Crippen molar-refractivity contribution in [1.29, 1.82) is 0 Å². The van der Waals surface area contributed by atoms with E-state index in [0.29, 0.717) is 24.3 Å². The second kappa shape index (κ2) is 10.3. The van der Waals surface area contributed by atoms with Crippen molar-refractivity contribution in [3.63, 3.8) is 0 Å². The zero-order valence-electron chi connectivity index (χ0n) is 17.9. The molecule has 33 heavy (non-hydrogen) atoms. The third-order valence-corrected chi connectivity index (χ3v) is 8.19. The number of carbonyl (C=O) groups is 1. The molecule has 174 valence electrons. The highest BCUT2D eigenvalue weighted by molar-refractivity contribution is 7.94. The molecule has 1 amide bonds. The molecule has 0 unspecified atom stereocenters. The van der Waals surface area contributed by atoms with Gasteiger partial charge in [0.05, 0.1) is 0 Å². The Balaban J connectivity index is 1.24. The lowest BCUT2D eigenvalue weighted by atomic mass is 10.2. The van der Waals surface area contributed by atoms with Gasteiger partial charge in [-0.15, -0.1) is 11.3 Å². The summed E-state index contributed by atoms with van der Waals surface area (Å²) in [5.41, 5.74) is 1.74. The number of nitrogens with zero attached hydrogens (tertiary/aromatic N) is 2. The molecule has 1 aliphatic rings. The zero-order chi connectivity index (χ0) is 23.3. The van der Waals surface area contributed by atoms with E-state index in [9.17, 15) is 17.6 Å². The number of rotatable bonds is 8. The molecule has 0 spiro atoms. The van der Waals surface area contributed by atoms with Crippen LogP contribution in [0.25, 0.3) is 0 Å². The molecular weight excluding hydrogens is 463 g/mol. The van der Waals surface area contributed by atoms with Gasteiger partial charge in [0.2, 0.25) is 0 Å². The molecule has 0 atom stereocenters. The van der Waals surface area contributed by atoms with Crippen molar-refractivity contribution in [2.45, 2.75) is 4.21 Å². The maximum absolute atomic E-state index is 13.1. The Kier molecular flexibility index (Phi) is 7.26. The number of halogens is 1. The predicted molar refractivity (Wildman–Crippen MR) is 129 cm³/mol. The minimum absolute atomic E-state index is 0.219. The van der Waals surface area contributed by atoms with Crippen LogP contribution in [0.5, 0.6) is 0 Å². The van der Waals surface area contributed by atoms with Crippen LogP contribution >= 0.6 is 11.3 Å². The number of thiophene rings is 1. The second-order valence-electron chi connectivity index (χ2n) is 7.68. The van der Waals surface area contributed by atoms with Crippen LogP contribution in [0.15, 0.2) is 70.3 Å². The third-order valence-electron chi connectivity index (χ3n) is 5.41. The average Bonchev–Trinajstić information content (AvgIpc) is 3.36. The Hall–Kier alpha value is -2.95. The van der Waals surface area contributed by atoms with Gasteiger partial charge in [0, 0.05) is 56.2 Å². The summed E-state index contributed by atoms with van der Waals surface area (Å²) in [4.78, 5) is 17.0. The molecule has 1 aliphatic heterocycles. The lowest BCUT2D eigenvalue weighted by molar-refractivity contribution is 0.0948. The molecule has 7 nitrogen and oxygen atoms in total. The Labute approximate surface area is 196 Å². The number of nitrogens with one attached hydrogen (secondary N) is 2. The average molecular weight is 489 g/mol. The van der Waals surface area contributed by atoms with Gasteiger partial charge in [0.25, 0.3) is 15.9 Å². The number of piperazine rings is 1. The fraction of sp³-hybridized carbons (Fsp3) is 0.261. The van der Waals surface area contributed by atoms with E-state index in [1.807, 2.05) is 0 Å². The molecule has 0 bridgehead atoms. The summed E-state index contributed by atoms with van der Waals surface area (Å²) < 4.78 is 40.6. The molecule has 10 heteroatoms. The molecule has 2 N–H and O–H groups in total. The monoisotopic (exact) mass is 488 g/mol. The highest BCUT2D eigenvalue weighted by atomic mass is 32.2. The summed E-state index contributed by atoms with van der Waals surface area (Å²) >= 11 is 1.13. The van der Waals surface area contributed by atoms with E-state index in [1.165, 1.54) is 24.3 Å². The van der Waals surface area contributed by atoms with Crippen molar-refractivity contribution in [2.75, 3.05) is 48.9 Å². The lowest BCUT2D eigenvalue weighted by Crippen LogP contribution is -2.48. The highest BCUT2D eigenvalue weighted by Crippen LogP contribution is 2.21. The third kappa shape index (κ3) is 6.10. The molecule has 0 aliphatic carbocycles. The van der Waals surface area contributed by atoms with E-state index in [-0.39, 0.29) is 15.9 Å². The van der Waals surface area contributed by atoms with Gasteiger partial charge in [-0.3, -0.25) is 14.4 Å². The quantitative estimate of drug-likeness (QED) is 0.509. The molecule has 2 aromatic carbocycles. The first-order valence-corrected chi connectivity index (χ1v) is 12.9. The highest BCUT2D eigenvalue weighted by Gasteiger charge is 2.18. The van der Waals surface area contributed by atoms with Crippen LogP contribution in [0.4, 0.5) is 15.8 Å². The summed E-state index contributed by atoms with van der Waals surface area (Å²) in [6.45, 7) is 4.59. The fourth-order valence-electron chi connectivity index (χ4n) is 3.66. The van der Waals surface area contributed by atoms with E-state index in [4.69, 9.17) is 0 Å². The molecule has 3 aromatic rings. The van der Waals surface area contributed by atoms with Crippen molar-refractivity contribution < 1.29 is 17.6 Å². The van der Waals surface area contributed by atoms with Crippen LogP contribution in [-0.2, 0) is 10.0 Å². The van der Waals surface area contributed by atoms with Gasteiger partial charge in [-0.1, -0.05) is 12.1 Å². The molecular formula is C23H25FN4O3S2. The fourth-order valence-corrected chi connectivity index (χ4v) is 5.70. The van der Waals surface area contributed by atoms with Crippen molar-refractivity contribution in [2.24, 2.45) is 0 Å². The molecule has 0 radical (unpaired) electrons. The van der Waals surface area contributed by atoms with Crippen LogP contribution < -0.4 is 14.9 Å². The molecule has 0 saturated carbocycles. The van der Waals surface area contributed by atoms with E-state index in [1.54, 1.807) is 41.8 Å². The SMILES string of the molecule is O=C(NCCN1CCN(c2ccc(F)cc2)CC1)c1cccc(NS(=O)(=O)c2cccs2)c1. The van der Waals surface area contributed by atoms with Crippen molar-refractivity contribution in [3.05, 3.63) is 77.4 Å². The zero-order valence-corrected chi connectivity index (χ0v) is 19.5.